The summed E-state index contributed by atoms with van der Waals surface area (Å²) in [5, 5.41) is 21.0. The molecule has 2 aliphatic carbocycles. The zero-order valence-electron chi connectivity index (χ0n) is 12.3. The van der Waals surface area contributed by atoms with Crippen LogP contribution in [0.25, 0.3) is 0 Å². The lowest BCUT2D eigenvalue weighted by atomic mass is 9.54. The molecule has 0 heterocycles. The minimum atomic E-state index is -0.734. The lowest BCUT2D eigenvalue weighted by Gasteiger charge is -2.53. The summed E-state index contributed by atoms with van der Waals surface area (Å²) in [7, 11) is 1.32. The van der Waals surface area contributed by atoms with Gasteiger partial charge < -0.3 is 14.9 Å². The normalized spacial score (nSPS) is 40.9. The molecule has 0 unspecified atom stereocenters. The van der Waals surface area contributed by atoms with Gasteiger partial charge in [-0.3, -0.25) is 0 Å². The van der Waals surface area contributed by atoms with Gasteiger partial charge in [-0.15, -0.1) is 0 Å². The molecule has 0 aliphatic heterocycles. The van der Waals surface area contributed by atoms with E-state index in [0.29, 0.717) is 18.4 Å². The highest BCUT2D eigenvalue weighted by molar-refractivity contribution is 5.88. The highest BCUT2D eigenvalue weighted by Crippen LogP contribution is 2.54. The number of esters is 1. The van der Waals surface area contributed by atoms with Crippen molar-refractivity contribution in [2.45, 2.75) is 44.8 Å². The molecular formula is C16H24O4. The monoisotopic (exact) mass is 280 g/mol. The van der Waals surface area contributed by atoms with Gasteiger partial charge in [-0.1, -0.05) is 25.7 Å². The van der Waals surface area contributed by atoms with Crippen LogP contribution in [0.3, 0.4) is 0 Å². The second-order valence-electron chi connectivity index (χ2n) is 6.35. The van der Waals surface area contributed by atoms with Crippen molar-refractivity contribution in [3.63, 3.8) is 0 Å². The van der Waals surface area contributed by atoms with Crippen LogP contribution in [0.2, 0.25) is 0 Å². The summed E-state index contributed by atoms with van der Waals surface area (Å²) in [6.07, 6.45) is 1.63. The van der Waals surface area contributed by atoms with Crippen molar-refractivity contribution in [1.82, 2.24) is 0 Å². The molecule has 0 amide bonds. The first-order valence-corrected chi connectivity index (χ1v) is 7.13. The molecule has 2 aliphatic rings. The third-order valence-electron chi connectivity index (χ3n) is 5.29. The smallest absolute Gasteiger partial charge is 0.333 e. The Morgan fingerprint density at radius 1 is 1.40 bits per heavy atom. The molecule has 0 spiro atoms. The summed E-state index contributed by atoms with van der Waals surface area (Å²) in [6.45, 7) is 9.85. The third kappa shape index (κ3) is 2.21. The van der Waals surface area contributed by atoms with Crippen LogP contribution in [0.1, 0.15) is 32.6 Å². The van der Waals surface area contributed by atoms with Gasteiger partial charge >= 0.3 is 5.97 Å². The largest absolute Gasteiger partial charge is 0.466 e. The van der Waals surface area contributed by atoms with Crippen LogP contribution in [0.5, 0.6) is 0 Å². The molecule has 0 bridgehead atoms. The number of carbonyl (C=O) groups is 1. The highest BCUT2D eigenvalue weighted by atomic mass is 16.5. The number of fused-ring (bicyclic) bond motifs is 1. The number of carbonyl (C=O) groups excluding carboxylic acids is 1. The number of aliphatic hydroxyl groups excluding tert-OH is 2. The van der Waals surface area contributed by atoms with Crippen molar-refractivity contribution in [2.24, 2.45) is 17.3 Å². The van der Waals surface area contributed by atoms with Crippen molar-refractivity contribution in [1.29, 1.82) is 0 Å². The Labute approximate surface area is 120 Å². The van der Waals surface area contributed by atoms with E-state index in [2.05, 4.69) is 13.2 Å². The van der Waals surface area contributed by atoms with Gasteiger partial charge in [-0.2, -0.15) is 0 Å². The van der Waals surface area contributed by atoms with E-state index >= 15 is 0 Å². The van der Waals surface area contributed by atoms with Gasteiger partial charge in [-0.25, -0.2) is 4.79 Å². The van der Waals surface area contributed by atoms with Gasteiger partial charge in [0.05, 0.1) is 19.3 Å². The fourth-order valence-corrected chi connectivity index (χ4v) is 3.97. The third-order valence-corrected chi connectivity index (χ3v) is 5.29. The van der Waals surface area contributed by atoms with E-state index in [0.717, 1.165) is 18.4 Å². The summed E-state index contributed by atoms with van der Waals surface area (Å²) in [4.78, 5) is 11.6. The molecule has 2 rings (SSSR count). The van der Waals surface area contributed by atoms with Crippen LogP contribution in [0, 0.1) is 17.3 Å². The zero-order chi connectivity index (χ0) is 15.1. The molecule has 0 aromatic rings. The Bertz CT molecular complexity index is 442. The van der Waals surface area contributed by atoms with Gasteiger partial charge in [0, 0.05) is 22.8 Å². The first-order chi connectivity index (χ1) is 9.32. The fraction of sp³-hybridized carbons (Fsp3) is 0.688. The lowest BCUT2D eigenvalue weighted by Crippen LogP contribution is -2.54. The molecule has 2 saturated carbocycles. The Morgan fingerprint density at radius 3 is 2.65 bits per heavy atom. The van der Waals surface area contributed by atoms with Gasteiger partial charge in [0.1, 0.15) is 0 Å². The zero-order valence-corrected chi connectivity index (χ0v) is 12.3. The number of rotatable bonds is 2. The first kappa shape index (κ1) is 15.3. The molecule has 20 heavy (non-hydrogen) atoms. The number of hydrogen-bond donors (Lipinski definition) is 2. The van der Waals surface area contributed by atoms with Gasteiger partial charge in [-0.05, 0) is 25.7 Å². The van der Waals surface area contributed by atoms with E-state index in [9.17, 15) is 15.0 Å². The van der Waals surface area contributed by atoms with Gasteiger partial charge in [0.2, 0.25) is 0 Å². The van der Waals surface area contributed by atoms with E-state index in [1.165, 1.54) is 7.11 Å². The highest BCUT2D eigenvalue weighted by Gasteiger charge is 2.53. The minimum Gasteiger partial charge on any atom is -0.466 e. The Morgan fingerprint density at radius 2 is 2.05 bits per heavy atom. The van der Waals surface area contributed by atoms with Crippen LogP contribution < -0.4 is 0 Å². The summed E-state index contributed by atoms with van der Waals surface area (Å²) in [5.74, 6) is -0.978. The van der Waals surface area contributed by atoms with E-state index < -0.39 is 18.2 Å². The minimum absolute atomic E-state index is 0.189. The van der Waals surface area contributed by atoms with Crippen LogP contribution in [0.15, 0.2) is 24.3 Å². The maximum atomic E-state index is 11.6. The topological polar surface area (TPSA) is 66.8 Å². The lowest BCUT2D eigenvalue weighted by molar-refractivity contribution is -0.140. The summed E-state index contributed by atoms with van der Waals surface area (Å²) < 4.78 is 4.70. The van der Waals surface area contributed by atoms with Crippen LogP contribution >= 0.6 is 0 Å². The second-order valence-corrected chi connectivity index (χ2v) is 6.35. The Hall–Kier alpha value is -1.13. The van der Waals surface area contributed by atoms with Gasteiger partial charge in [0.15, 0.2) is 0 Å². The SMILES string of the molecule is C=C(C(=O)OC)[C@@H]1CC[C@]2(C)[C@H](O)CCC(=C)[C@H]2[C@@H]1O. The van der Waals surface area contributed by atoms with Crippen molar-refractivity contribution in [3.05, 3.63) is 24.3 Å². The van der Waals surface area contributed by atoms with Crippen LogP contribution in [0.4, 0.5) is 0 Å². The van der Waals surface area contributed by atoms with Gasteiger partial charge in [0.25, 0.3) is 0 Å². The second kappa shape index (κ2) is 5.34. The molecule has 112 valence electrons. The van der Waals surface area contributed by atoms with E-state index in [1.54, 1.807) is 0 Å². The quantitative estimate of drug-likeness (QED) is 0.460. The molecule has 0 radical (unpaired) electrons. The molecule has 4 heteroatoms. The molecule has 0 aromatic heterocycles. The average molecular weight is 280 g/mol. The molecule has 5 atom stereocenters. The van der Waals surface area contributed by atoms with E-state index in [1.807, 2.05) is 6.92 Å². The molecular weight excluding hydrogens is 256 g/mol. The molecule has 2 fully saturated rings. The number of aliphatic hydroxyl groups is 2. The number of hydrogen-bond acceptors (Lipinski definition) is 4. The summed E-state index contributed by atoms with van der Waals surface area (Å²) in [5.41, 5.74) is 0.921. The standard InChI is InChI=1S/C16H24O4/c1-9-5-6-12(17)16(3)8-7-11(14(18)13(9)16)10(2)15(19)20-4/h11-14,17-18H,1-2,5-8H2,3-4H3/t11-,12+,13-,14+,16+/m0/s1. The van der Waals surface area contributed by atoms with Crippen molar-refractivity contribution in [3.8, 4) is 0 Å². The predicted octanol–water partition coefficient (Wildman–Crippen LogP) is 1.82. The summed E-state index contributed by atoms with van der Waals surface area (Å²) >= 11 is 0. The number of methoxy groups -OCH3 is 1. The maximum Gasteiger partial charge on any atom is 0.333 e. The van der Waals surface area contributed by atoms with Crippen molar-refractivity contribution >= 4 is 5.97 Å². The molecule has 0 aromatic carbocycles. The van der Waals surface area contributed by atoms with Crippen molar-refractivity contribution in [2.75, 3.05) is 7.11 Å². The predicted molar refractivity (Wildman–Crippen MR) is 75.9 cm³/mol. The Kier molecular flexibility index (Phi) is 4.07. The van der Waals surface area contributed by atoms with Crippen LogP contribution in [-0.4, -0.2) is 35.5 Å². The fourth-order valence-electron chi connectivity index (χ4n) is 3.97. The Balaban J connectivity index is 2.27. The summed E-state index contributed by atoms with van der Waals surface area (Å²) in [6, 6.07) is 0. The maximum absolute atomic E-state index is 11.6. The molecule has 4 nitrogen and oxygen atoms in total. The average Bonchev–Trinajstić information content (AvgIpc) is 2.42. The van der Waals surface area contributed by atoms with E-state index in [4.69, 9.17) is 4.74 Å². The van der Waals surface area contributed by atoms with Crippen molar-refractivity contribution < 1.29 is 19.7 Å². The number of ether oxygens (including phenoxy) is 1. The first-order valence-electron chi connectivity index (χ1n) is 7.13. The molecule has 0 saturated heterocycles. The van der Waals surface area contributed by atoms with Crippen LogP contribution in [-0.2, 0) is 9.53 Å². The molecule has 2 N–H and O–H groups in total. The van der Waals surface area contributed by atoms with E-state index in [-0.39, 0.29) is 17.3 Å².